The molecule has 2 aromatic rings. The van der Waals surface area contributed by atoms with Crippen molar-refractivity contribution < 1.29 is 14.3 Å². The van der Waals surface area contributed by atoms with Gasteiger partial charge in [0.05, 0.1) is 13.3 Å². The van der Waals surface area contributed by atoms with Crippen molar-refractivity contribution >= 4 is 28.1 Å². The Morgan fingerprint density at radius 1 is 1.29 bits per heavy atom. The van der Waals surface area contributed by atoms with Gasteiger partial charge < -0.3 is 9.47 Å². The predicted molar refractivity (Wildman–Crippen MR) is 97.7 cm³/mol. The number of ether oxygens (including phenoxy) is 2. The molecule has 2 aromatic carbocycles. The Morgan fingerprint density at radius 2 is 2.12 bits per heavy atom. The average molecular weight is 391 g/mol. The number of nitrogens with one attached hydrogen (secondary N) is 1. The standard InChI is InChI=1S/C18H19BrN2O3/c1-3-14-10-15(19)7-8-17(14)24-12-18(22)21-20-11-13-5-4-6-16(9-13)23-2/h4-11H,3,12H2,1-2H3,(H,21,22)/b20-11+. The minimum atomic E-state index is -0.320. The zero-order chi connectivity index (χ0) is 17.4. The number of hydrogen-bond acceptors (Lipinski definition) is 4. The highest BCUT2D eigenvalue weighted by Crippen LogP contribution is 2.23. The molecule has 0 aliphatic rings. The number of nitrogens with zero attached hydrogens (tertiary/aromatic N) is 1. The molecule has 0 spiro atoms. The molecular weight excluding hydrogens is 372 g/mol. The number of halogens is 1. The monoisotopic (exact) mass is 390 g/mol. The summed E-state index contributed by atoms with van der Waals surface area (Å²) in [6, 6.07) is 13.1. The van der Waals surface area contributed by atoms with Crippen LogP contribution in [0.3, 0.4) is 0 Å². The lowest BCUT2D eigenvalue weighted by atomic mass is 10.1. The Morgan fingerprint density at radius 3 is 2.88 bits per heavy atom. The van der Waals surface area contributed by atoms with Gasteiger partial charge in [-0.15, -0.1) is 0 Å². The van der Waals surface area contributed by atoms with Crippen molar-refractivity contribution in [2.45, 2.75) is 13.3 Å². The zero-order valence-corrected chi connectivity index (χ0v) is 15.2. The fourth-order valence-corrected chi connectivity index (χ4v) is 2.45. The van der Waals surface area contributed by atoms with Gasteiger partial charge in [0.25, 0.3) is 5.91 Å². The first-order valence-electron chi connectivity index (χ1n) is 7.49. The van der Waals surface area contributed by atoms with Crippen LogP contribution in [0.4, 0.5) is 0 Å². The van der Waals surface area contributed by atoms with Crippen LogP contribution < -0.4 is 14.9 Å². The van der Waals surface area contributed by atoms with Crippen LogP contribution in [0.2, 0.25) is 0 Å². The van der Waals surface area contributed by atoms with Crippen molar-refractivity contribution in [2.75, 3.05) is 13.7 Å². The Kier molecular flexibility index (Phi) is 6.81. The molecule has 0 fully saturated rings. The largest absolute Gasteiger partial charge is 0.497 e. The zero-order valence-electron chi connectivity index (χ0n) is 13.6. The molecule has 0 bridgehead atoms. The number of amides is 1. The van der Waals surface area contributed by atoms with Crippen LogP contribution >= 0.6 is 15.9 Å². The summed E-state index contributed by atoms with van der Waals surface area (Å²) < 4.78 is 11.7. The minimum absolute atomic E-state index is 0.0932. The molecule has 0 unspecified atom stereocenters. The predicted octanol–water partition coefficient (Wildman–Crippen LogP) is 3.55. The number of aryl methyl sites for hydroxylation is 1. The van der Waals surface area contributed by atoms with Gasteiger partial charge in [-0.05, 0) is 47.9 Å². The Bertz CT molecular complexity index is 732. The van der Waals surface area contributed by atoms with Crippen LogP contribution in [0.15, 0.2) is 52.0 Å². The normalized spacial score (nSPS) is 10.6. The molecule has 1 amide bonds. The smallest absolute Gasteiger partial charge is 0.277 e. The van der Waals surface area contributed by atoms with Crippen LogP contribution in [-0.2, 0) is 11.2 Å². The number of carbonyl (C=O) groups excluding carboxylic acids is 1. The van der Waals surface area contributed by atoms with Gasteiger partial charge in [0, 0.05) is 4.47 Å². The van der Waals surface area contributed by atoms with Crippen LogP contribution in [0.1, 0.15) is 18.1 Å². The molecule has 1 N–H and O–H groups in total. The van der Waals surface area contributed by atoms with Crippen molar-refractivity contribution in [1.29, 1.82) is 0 Å². The van der Waals surface area contributed by atoms with Gasteiger partial charge in [-0.1, -0.05) is 35.0 Å². The second-order valence-corrected chi connectivity index (χ2v) is 5.88. The van der Waals surface area contributed by atoms with Gasteiger partial charge in [-0.3, -0.25) is 4.79 Å². The molecule has 0 heterocycles. The van der Waals surface area contributed by atoms with Gasteiger partial charge in [0.15, 0.2) is 6.61 Å². The lowest BCUT2D eigenvalue weighted by Crippen LogP contribution is -2.24. The fourth-order valence-electron chi connectivity index (χ4n) is 2.04. The molecule has 2 rings (SSSR count). The molecule has 0 aliphatic carbocycles. The number of carbonyl (C=O) groups is 1. The van der Waals surface area contributed by atoms with E-state index in [-0.39, 0.29) is 12.5 Å². The van der Waals surface area contributed by atoms with E-state index in [1.54, 1.807) is 13.3 Å². The molecule has 0 saturated carbocycles. The molecule has 0 radical (unpaired) electrons. The maximum absolute atomic E-state index is 11.8. The van der Waals surface area contributed by atoms with E-state index in [0.29, 0.717) is 5.75 Å². The lowest BCUT2D eigenvalue weighted by Gasteiger charge is -2.10. The SMILES string of the molecule is CCc1cc(Br)ccc1OCC(=O)N/N=C/c1cccc(OC)c1. The Balaban J connectivity index is 1.86. The third-order valence-electron chi connectivity index (χ3n) is 3.26. The summed E-state index contributed by atoms with van der Waals surface area (Å²) >= 11 is 3.42. The summed E-state index contributed by atoms with van der Waals surface area (Å²) in [5.74, 6) is 1.11. The molecule has 0 saturated heterocycles. The lowest BCUT2D eigenvalue weighted by molar-refractivity contribution is -0.123. The molecule has 0 aliphatic heterocycles. The van der Waals surface area contributed by atoms with E-state index in [1.165, 1.54) is 0 Å². The van der Waals surface area contributed by atoms with Crippen LogP contribution in [0.5, 0.6) is 11.5 Å². The maximum Gasteiger partial charge on any atom is 0.277 e. The van der Waals surface area contributed by atoms with Crippen molar-refractivity contribution in [1.82, 2.24) is 5.43 Å². The van der Waals surface area contributed by atoms with E-state index >= 15 is 0 Å². The highest BCUT2D eigenvalue weighted by Gasteiger charge is 2.06. The average Bonchev–Trinajstić information content (AvgIpc) is 2.60. The Labute approximate surface area is 149 Å². The summed E-state index contributed by atoms with van der Waals surface area (Å²) in [6.45, 7) is 1.94. The summed E-state index contributed by atoms with van der Waals surface area (Å²) in [5, 5.41) is 3.92. The molecule has 6 heteroatoms. The third kappa shape index (κ3) is 5.38. The van der Waals surface area contributed by atoms with Gasteiger partial charge in [0.1, 0.15) is 11.5 Å². The first-order chi connectivity index (χ1) is 11.6. The van der Waals surface area contributed by atoms with Gasteiger partial charge in [-0.25, -0.2) is 5.43 Å². The molecule has 0 aromatic heterocycles. The molecule has 126 valence electrons. The maximum atomic E-state index is 11.8. The van der Waals surface area contributed by atoms with Crippen molar-refractivity contribution in [3.05, 3.63) is 58.1 Å². The molecule has 0 atom stereocenters. The number of rotatable bonds is 7. The van der Waals surface area contributed by atoms with Crippen LogP contribution in [0, 0.1) is 0 Å². The summed E-state index contributed by atoms with van der Waals surface area (Å²) in [7, 11) is 1.60. The van der Waals surface area contributed by atoms with Gasteiger partial charge in [-0.2, -0.15) is 5.10 Å². The third-order valence-corrected chi connectivity index (χ3v) is 3.75. The minimum Gasteiger partial charge on any atom is -0.497 e. The fraction of sp³-hybridized carbons (Fsp3) is 0.222. The number of methoxy groups -OCH3 is 1. The van der Waals surface area contributed by atoms with E-state index in [0.717, 1.165) is 27.8 Å². The summed E-state index contributed by atoms with van der Waals surface area (Å²) in [5.41, 5.74) is 4.31. The van der Waals surface area contributed by atoms with Gasteiger partial charge in [0.2, 0.25) is 0 Å². The van der Waals surface area contributed by atoms with E-state index in [2.05, 4.69) is 26.5 Å². The topological polar surface area (TPSA) is 59.9 Å². The van der Waals surface area contributed by atoms with Crippen LogP contribution in [-0.4, -0.2) is 25.8 Å². The second-order valence-electron chi connectivity index (χ2n) is 4.96. The first-order valence-corrected chi connectivity index (χ1v) is 8.29. The van der Waals surface area contributed by atoms with E-state index in [4.69, 9.17) is 9.47 Å². The molecular formula is C18H19BrN2O3. The highest BCUT2D eigenvalue weighted by molar-refractivity contribution is 9.10. The summed E-state index contributed by atoms with van der Waals surface area (Å²) in [6.07, 6.45) is 2.38. The highest BCUT2D eigenvalue weighted by atomic mass is 79.9. The summed E-state index contributed by atoms with van der Waals surface area (Å²) in [4.78, 5) is 11.8. The van der Waals surface area contributed by atoms with E-state index in [1.807, 2.05) is 49.4 Å². The van der Waals surface area contributed by atoms with Gasteiger partial charge >= 0.3 is 0 Å². The van der Waals surface area contributed by atoms with Crippen molar-refractivity contribution in [2.24, 2.45) is 5.10 Å². The second kappa shape index (κ2) is 9.08. The first kappa shape index (κ1) is 18.0. The van der Waals surface area contributed by atoms with Crippen LogP contribution in [0.25, 0.3) is 0 Å². The van der Waals surface area contributed by atoms with Crippen molar-refractivity contribution in [3.8, 4) is 11.5 Å². The van der Waals surface area contributed by atoms with Crippen molar-refractivity contribution in [3.63, 3.8) is 0 Å². The quantitative estimate of drug-likeness (QED) is 0.580. The van der Waals surface area contributed by atoms with E-state index < -0.39 is 0 Å². The number of hydrazone groups is 1. The van der Waals surface area contributed by atoms with E-state index in [9.17, 15) is 4.79 Å². The molecule has 24 heavy (non-hydrogen) atoms. The number of benzene rings is 2. The number of hydrogen-bond donors (Lipinski definition) is 1. The Hall–Kier alpha value is -2.34. The molecule has 5 nitrogen and oxygen atoms in total.